The van der Waals surface area contributed by atoms with Gasteiger partial charge in [0.15, 0.2) is 0 Å². The molecule has 0 saturated heterocycles. The van der Waals surface area contributed by atoms with Gasteiger partial charge in [0.05, 0.1) is 25.5 Å². The molecule has 1 aromatic heterocycles. The van der Waals surface area contributed by atoms with E-state index in [2.05, 4.69) is 0 Å². The van der Waals surface area contributed by atoms with E-state index in [0.717, 1.165) is 0 Å². The molecular formula is C14H19F3N2O4. The molecular weight excluding hydrogens is 317 g/mol. The fourth-order valence-corrected chi connectivity index (χ4v) is 1.57. The summed E-state index contributed by atoms with van der Waals surface area (Å²) < 4.78 is 48.4. The zero-order valence-corrected chi connectivity index (χ0v) is 13.0. The number of amides is 2. The van der Waals surface area contributed by atoms with Crippen molar-refractivity contribution < 1.29 is 31.9 Å². The Morgan fingerprint density at radius 1 is 1.30 bits per heavy atom. The minimum Gasteiger partial charge on any atom is -0.472 e. The van der Waals surface area contributed by atoms with E-state index in [0.29, 0.717) is 5.56 Å². The molecule has 0 saturated carbocycles. The van der Waals surface area contributed by atoms with Gasteiger partial charge in [-0.3, -0.25) is 4.79 Å². The van der Waals surface area contributed by atoms with E-state index < -0.39 is 36.4 Å². The molecule has 0 aliphatic carbocycles. The van der Waals surface area contributed by atoms with Crippen molar-refractivity contribution in [1.29, 1.82) is 0 Å². The van der Waals surface area contributed by atoms with Crippen LogP contribution < -0.4 is 10.6 Å². The predicted molar refractivity (Wildman–Crippen MR) is 74.6 cm³/mol. The highest BCUT2D eigenvalue weighted by Crippen LogP contribution is 2.20. The summed E-state index contributed by atoms with van der Waals surface area (Å²) in [6.07, 6.45) is -3.37. The number of carbonyl (C=O) groups excluding carboxylic acids is 2. The van der Waals surface area contributed by atoms with Gasteiger partial charge in [-0.2, -0.15) is 13.2 Å². The maximum Gasteiger partial charge on any atom is 0.410 e. The molecule has 2 amide bonds. The van der Waals surface area contributed by atoms with Crippen LogP contribution in [0.1, 0.15) is 26.3 Å². The summed E-state index contributed by atoms with van der Waals surface area (Å²) in [6.45, 7) is 3.93. The Labute approximate surface area is 131 Å². The quantitative estimate of drug-likeness (QED) is 0.865. The van der Waals surface area contributed by atoms with Gasteiger partial charge in [0.25, 0.3) is 0 Å². The maximum atomic E-state index is 12.9. The average molecular weight is 336 g/mol. The van der Waals surface area contributed by atoms with Crippen LogP contribution in [-0.2, 0) is 16.0 Å². The van der Waals surface area contributed by atoms with Crippen LogP contribution in [-0.4, -0.2) is 36.4 Å². The first-order valence-corrected chi connectivity index (χ1v) is 6.81. The molecule has 0 aromatic carbocycles. The zero-order chi connectivity index (χ0) is 17.7. The predicted octanol–water partition coefficient (Wildman–Crippen LogP) is 2.39. The number of furan rings is 1. The molecule has 1 atom stereocenters. The summed E-state index contributed by atoms with van der Waals surface area (Å²) in [7, 11) is 0. The Balaban J connectivity index is 2.56. The Hall–Kier alpha value is -2.19. The highest BCUT2D eigenvalue weighted by atomic mass is 19.4. The minimum atomic E-state index is -4.71. The molecule has 1 rings (SSSR count). The van der Waals surface area contributed by atoms with Crippen molar-refractivity contribution in [3.05, 3.63) is 24.2 Å². The lowest BCUT2D eigenvalue weighted by atomic mass is 10.2. The topological polar surface area (TPSA) is 80.6 Å². The molecule has 2 N–H and O–H groups in total. The monoisotopic (exact) mass is 336 g/mol. The molecule has 0 fully saturated rings. The zero-order valence-electron chi connectivity index (χ0n) is 13.0. The molecule has 0 aliphatic heterocycles. The standard InChI is InChI=1S/C14H19F3N2O4/c1-13(2,3)23-12(21)18-7-10(14(15,16)17)19-11(20)6-9-4-5-22-8-9/h4-5,8,10H,6-7H2,1-3H3,(H,18,21)(H,19,20). The summed E-state index contributed by atoms with van der Waals surface area (Å²) in [5.74, 6) is -0.834. The van der Waals surface area contributed by atoms with Crippen LogP contribution >= 0.6 is 0 Å². The lowest BCUT2D eigenvalue weighted by Crippen LogP contribution is -2.52. The molecule has 1 aromatic rings. The Kier molecular flexibility index (Phi) is 6.05. The molecule has 1 unspecified atom stereocenters. The number of nitrogens with one attached hydrogen (secondary N) is 2. The van der Waals surface area contributed by atoms with Crippen molar-refractivity contribution in [3.8, 4) is 0 Å². The lowest BCUT2D eigenvalue weighted by molar-refractivity contribution is -0.160. The van der Waals surface area contributed by atoms with Gasteiger partial charge in [0, 0.05) is 0 Å². The summed E-state index contributed by atoms with van der Waals surface area (Å²) in [4.78, 5) is 23.1. The van der Waals surface area contributed by atoms with Crippen LogP contribution in [0.2, 0.25) is 0 Å². The number of carbonyl (C=O) groups is 2. The Bertz CT molecular complexity index is 521. The normalized spacial score (nSPS) is 13.3. The van der Waals surface area contributed by atoms with Crippen molar-refractivity contribution in [2.45, 2.75) is 45.0 Å². The van der Waals surface area contributed by atoms with Gasteiger partial charge < -0.3 is 19.8 Å². The van der Waals surface area contributed by atoms with E-state index in [1.807, 2.05) is 10.6 Å². The van der Waals surface area contributed by atoms with Crippen molar-refractivity contribution >= 4 is 12.0 Å². The number of hydrogen-bond acceptors (Lipinski definition) is 4. The lowest BCUT2D eigenvalue weighted by Gasteiger charge is -2.24. The second-order valence-electron chi connectivity index (χ2n) is 5.85. The van der Waals surface area contributed by atoms with Gasteiger partial charge in [-0.1, -0.05) is 0 Å². The molecule has 0 spiro atoms. The van der Waals surface area contributed by atoms with E-state index in [1.165, 1.54) is 18.6 Å². The van der Waals surface area contributed by atoms with Gasteiger partial charge in [-0.05, 0) is 32.4 Å². The molecule has 130 valence electrons. The Morgan fingerprint density at radius 2 is 1.96 bits per heavy atom. The molecule has 0 aliphatic rings. The van der Waals surface area contributed by atoms with E-state index in [1.54, 1.807) is 20.8 Å². The number of hydrogen-bond donors (Lipinski definition) is 2. The van der Waals surface area contributed by atoms with E-state index in [9.17, 15) is 22.8 Å². The van der Waals surface area contributed by atoms with Gasteiger partial charge in [-0.25, -0.2) is 4.79 Å². The van der Waals surface area contributed by atoms with Crippen LogP contribution in [0.5, 0.6) is 0 Å². The van der Waals surface area contributed by atoms with Crippen molar-refractivity contribution in [2.24, 2.45) is 0 Å². The van der Waals surface area contributed by atoms with E-state index in [4.69, 9.17) is 9.15 Å². The van der Waals surface area contributed by atoms with Gasteiger partial charge in [-0.15, -0.1) is 0 Å². The first-order chi connectivity index (χ1) is 10.5. The van der Waals surface area contributed by atoms with Gasteiger partial charge in [0.2, 0.25) is 5.91 Å². The number of alkyl carbamates (subject to hydrolysis) is 1. The van der Waals surface area contributed by atoms with Crippen LogP contribution in [0, 0.1) is 0 Å². The number of alkyl halides is 3. The largest absolute Gasteiger partial charge is 0.472 e. The van der Waals surface area contributed by atoms with Crippen LogP contribution in [0.15, 0.2) is 23.0 Å². The third-order valence-corrected chi connectivity index (χ3v) is 2.52. The molecule has 0 bridgehead atoms. The van der Waals surface area contributed by atoms with E-state index in [-0.39, 0.29) is 6.42 Å². The highest BCUT2D eigenvalue weighted by molar-refractivity contribution is 5.79. The summed E-state index contributed by atoms with van der Waals surface area (Å²) >= 11 is 0. The van der Waals surface area contributed by atoms with E-state index >= 15 is 0 Å². The number of halogens is 3. The summed E-state index contributed by atoms with van der Waals surface area (Å²) in [6, 6.07) is -0.740. The summed E-state index contributed by atoms with van der Waals surface area (Å²) in [5, 5.41) is 3.83. The second kappa shape index (κ2) is 7.38. The third kappa shape index (κ3) is 7.57. The molecule has 6 nitrogen and oxygen atoms in total. The second-order valence-corrected chi connectivity index (χ2v) is 5.85. The fourth-order valence-electron chi connectivity index (χ4n) is 1.57. The van der Waals surface area contributed by atoms with Gasteiger partial charge >= 0.3 is 12.3 Å². The average Bonchev–Trinajstić information content (AvgIpc) is 2.83. The van der Waals surface area contributed by atoms with Crippen LogP contribution in [0.4, 0.5) is 18.0 Å². The minimum absolute atomic E-state index is 0.254. The fraction of sp³-hybridized carbons (Fsp3) is 0.571. The van der Waals surface area contributed by atoms with Gasteiger partial charge in [0.1, 0.15) is 11.6 Å². The molecule has 0 radical (unpaired) electrons. The first-order valence-electron chi connectivity index (χ1n) is 6.81. The number of rotatable bonds is 5. The maximum absolute atomic E-state index is 12.9. The van der Waals surface area contributed by atoms with Crippen molar-refractivity contribution in [1.82, 2.24) is 10.6 Å². The SMILES string of the molecule is CC(C)(C)OC(=O)NCC(NC(=O)Cc1ccoc1)C(F)(F)F. The first kappa shape index (κ1) is 18.9. The number of ether oxygens (including phenoxy) is 1. The Morgan fingerprint density at radius 3 is 2.43 bits per heavy atom. The van der Waals surface area contributed by atoms with Crippen molar-refractivity contribution in [2.75, 3.05) is 6.54 Å². The molecule has 9 heteroatoms. The summed E-state index contributed by atoms with van der Waals surface area (Å²) in [5.41, 5.74) is -0.383. The van der Waals surface area contributed by atoms with Crippen LogP contribution in [0.25, 0.3) is 0 Å². The highest BCUT2D eigenvalue weighted by Gasteiger charge is 2.41. The smallest absolute Gasteiger partial charge is 0.410 e. The van der Waals surface area contributed by atoms with Crippen LogP contribution in [0.3, 0.4) is 0 Å². The molecule has 1 heterocycles. The van der Waals surface area contributed by atoms with Crippen molar-refractivity contribution in [3.63, 3.8) is 0 Å². The third-order valence-electron chi connectivity index (χ3n) is 2.52. The molecule has 23 heavy (non-hydrogen) atoms.